The second kappa shape index (κ2) is 4.75. The summed E-state index contributed by atoms with van der Waals surface area (Å²) in [6, 6.07) is 5.60. The Labute approximate surface area is 101 Å². The Kier molecular flexibility index (Phi) is 3.33. The lowest BCUT2D eigenvalue weighted by molar-refractivity contribution is -0.142. The van der Waals surface area contributed by atoms with Gasteiger partial charge in [-0.3, -0.25) is 9.69 Å². The molecule has 2 rings (SSSR count). The number of likely N-dealkylation sites (N-methyl/N-ethyl adjacent to an activating group) is 1. The fourth-order valence-electron chi connectivity index (χ4n) is 1.95. The van der Waals surface area contributed by atoms with E-state index in [9.17, 15) is 4.79 Å². The molecule has 1 heterocycles. The summed E-state index contributed by atoms with van der Waals surface area (Å²) in [6.07, 6.45) is 0.946. The van der Waals surface area contributed by atoms with Crippen LogP contribution < -0.4 is 4.74 Å². The first-order valence-electron chi connectivity index (χ1n) is 5.75. The van der Waals surface area contributed by atoms with Gasteiger partial charge in [-0.05, 0) is 31.2 Å². The number of nitrogens with zero attached hydrogens (tertiary/aromatic N) is 1. The summed E-state index contributed by atoms with van der Waals surface area (Å²) >= 11 is 0. The molecule has 0 bridgehead atoms. The fourth-order valence-corrected chi connectivity index (χ4v) is 1.95. The van der Waals surface area contributed by atoms with E-state index in [2.05, 4.69) is 6.07 Å². The molecule has 4 heteroatoms. The Morgan fingerprint density at radius 3 is 3.06 bits per heavy atom. The van der Waals surface area contributed by atoms with Crippen molar-refractivity contribution in [2.24, 2.45) is 0 Å². The molecule has 0 aromatic heterocycles. The highest BCUT2D eigenvalue weighted by Crippen LogP contribution is 2.26. The topological polar surface area (TPSA) is 49.8 Å². The fraction of sp³-hybridized carbons (Fsp3) is 0.462. The van der Waals surface area contributed by atoms with Gasteiger partial charge in [0.15, 0.2) is 0 Å². The zero-order valence-electron chi connectivity index (χ0n) is 10.1. The Bertz CT molecular complexity index is 431. The molecule has 4 nitrogen and oxygen atoms in total. The summed E-state index contributed by atoms with van der Waals surface area (Å²) in [7, 11) is 1.82. The van der Waals surface area contributed by atoms with Gasteiger partial charge >= 0.3 is 5.97 Å². The Balaban J connectivity index is 2.06. The lowest BCUT2D eigenvalue weighted by Crippen LogP contribution is -2.35. The van der Waals surface area contributed by atoms with Gasteiger partial charge in [-0.25, -0.2) is 0 Å². The van der Waals surface area contributed by atoms with Crippen molar-refractivity contribution in [3.05, 3.63) is 29.3 Å². The van der Waals surface area contributed by atoms with Crippen LogP contribution in [0.5, 0.6) is 5.75 Å². The van der Waals surface area contributed by atoms with Gasteiger partial charge in [0.1, 0.15) is 11.8 Å². The molecule has 92 valence electrons. The number of carboxylic acid groups (broad SMARTS) is 1. The molecule has 1 aromatic rings. The quantitative estimate of drug-likeness (QED) is 0.859. The molecule has 0 spiro atoms. The molecule has 1 aromatic carbocycles. The molecule has 17 heavy (non-hydrogen) atoms. The molecular weight excluding hydrogens is 218 g/mol. The maximum absolute atomic E-state index is 10.9. The largest absolute Gasteiger partial charge is 0.493 e. The third-order valence-electron chi connectivity index (χ3n) is 3.20. The van der Waals surface area contributed by atoms with E-state index in [0.29, 0.717) is 6.54 Å². The van der Waals surface area contributed by atoms with Gasteiger partial charge in [-0.1, -0.05) is 12.1 Å². The van der Waals surface area contributed by atoms with Crippen LogP contribution in [-0.2, 0) is 17.8 Å². The van der Waals surface area contributed by atoms with Crippen LogP contribution in [0, 0.1) is 0 Å². The standard InChI is InChI=1S/C13H17NO3/c1-9(13(15)16)14(2)8-10-3-4-12-11(7-10)5-6-17-12/h3-4,7,9H,5-6,8H2,1-2H3,(H,15,16). The SMILES string of the molecule is CC(C(=O)O)N(C)Cc1ccc2c(c1)CCO2. The molecule has 1 N–H and O–H groups in total. The molecule has 1 aliphatic heterocycles. The Morgan fingerprint density at radius 1 is 1.59 bits per heavy atom. The van der Waals surface area contributed by atoms with Crippen molar-refractivity contribution in [1.82, 2.24) is 4.90 Å². The van der Waals surface area contributed by atoms with Crippen LogP contribution in [0.4, 0.5) is 0 Å². The summed E-state index contributed by atoms with van der Waals surface area (Å²) in [4.78, 5) is 12.7. The molecule has 0 saturated carbocycles. The van der Waals surface area contributed by atoms with E-state index in [1.807, 2.05) is 24.1 Å². The predicted molar refractivity (Wildman–Crippen MR) is 64.2 cm³/mol. The molecular formula is C13H17NO3. The van der Waals surface area contributed by atoms with E-state index in [-0.39, 0.29) is 0 Å². The summed E-state index contributed by atoms with van der Waals surface area (Å²) in [5.41, 5.74) is 2.35. The smallest absolute Gasteiger partial charge is 0.320 e. The highest BCUT2D eigenvalue weighted by Gasteiger charge is 2.18. The van der Waals surface area contributed by atoms with Gasteiger partial charge in [0.25, 0.3) is 0 Å². The van der Waals surface area contributed by atoms with Crippen LogP contribution in [0.1, 0.15) is 18.1 Å². The Morgan fingerprint density at radius 2 is 2.35 bits per heavy atom. The molecule has 0 radical (unpaired) electrons. The van der Waals surface area contributed by atoms with Crippen molar-refractivity contribution in [3.8, 4) is 5.75 Å². The predicted octanol–water partition coefficient (Wildman–Crippen LogP) is 1.53. The van der Waals surface area contributed by atoms with Crippen molar-refractivity contribution in [3.63, 3.8) is 0 Å². The summed E-state index contributed by atoms with van der Waals surface area (Å²) < 4.78 is 5.44. The number of benzene rings is 1. The van der Waals surface area contributed by atoms with Gasteiger partial charge in [-0.2, -0.15) is 0 Å². The first kappa shape index (κ1) is 11.9. The van der Waals surface area contributed by atoms with Crippen molar-refractivity contribution in [1.29, 1.82) is 0 Å². The van der Waals surface area contributed by atoms with Crippen molar-refractivity contribution < 1.29 is 14.6 Å². The lowest BCUT2D eigenvalue weighted by atomic mass is 10.1. The summed E-state index contributed by atoms with van der Waals surface area (Å²) in [6.45, 7) is 3.08. The normalized spacial score (nSPS) is 15.5. The van der Waals surface area contributed by atoms with Gasteiger partial charge in [0.2, 0.25) is 0 Å². The van der Waals surface area contributed by atoms with E-state index in [1.165, 1.54) is 5.56 Å². The van der Waals surface area contributed by atoms with Gasteiger partial charge in [0.05, 0.1) is 6.61 Å². The van der Waals surface area contributed by atoms with E-state index >= 15 is 0 Å². The van der Waals surface area contributed by atoms with E-state index in [4.69, 9.17) is 9.84 Å². The molecule has 0 amide bonds. The van der Waals surface area contributed by atoms with Gasteiger partial charge in [-0.15, -0.1) is 0 Å². The minimum Gasteiger partial charge on any atom is -0.493 e. The number of carbonyl (C=O) groups is 1. The maximum Gasteiger partial charge on any atom is 0.320 e. The number of ether oxygens (including phenoxy) is 1. The van der Waals surface area contributed by atoms with Crippen LogP contribution in [0.3, 0.4) is 0 Å². The van der Waals surface area contributed by atoms with Crippen LogP contribution >= 0.6 is 0 Å². The third-order valence-corrected chi connectivity index (χ3v) is 3.20. The van der Waals surface area contributed by atoms with E-state index in [1.54, 1.807) is 6.92 Å². The highest BCUT2D eigenvalue weighted by atomic mass is 16.5. The van der Waals surface area contributed by atoms with E-state index in [0.717, 1.165) is 24.3 Å². The van der Waals surface area contributed by atoms with Gasteiger partial charge in [0, 0.05) is 13.0 Å². The molecule has 1 unspecified atom stereocenters. The number of carboxylic acids is 1. The molecule has 0 fully saturated rings. The van der Waals surface area contributed by atoms with E-state index < -0.39 is 12.0 Å². The van der Waals surface area contributed by atoms with Crippen molar-refractivity contribution in [2.75, 3.05) is 13.7 Å². The zero-order chi connectivity index (χ0) is 12.4. The molecule has 0 saturated heterocycles. The minimum absolute atomic E-state index is 0.473. The first-order valence-corrected chi connectivity index (χ1v) is 5.75. The van der Waals surface area contributed by atoms with Crippen LogP contribution in [0.2, 0.25) is 0 Å². The number of hydrogen-bond acceptors (Lipinski definition) is 3. The maximum atomic E-state index is 10.9. The zero-order valence-corrected chi connectivity index (χ0v) is 10.1. The third kappa shape index (κ3) is 2.58. The van der Waals surface area contributed by atoms with Crippen molar-refractivity contribution in [2.45, 2.75) is 25.9 Å². The van der Waals surface area contributed by atoms with Crippen LogP contribution in [-0.4, -0.2) is 35.7 Å². The minimum atomic E-state index is -0.794. The first-order chi connectivity index (χ1) is 8.08. The molecule has 1 aliphatic rings. The number of rotatable bonds is 4. The van der Waals surface area contributed by atoms with Crippen molar-refractivity contribution >= 4 is 5.97 Å². The monoisotopic (exact) mass is 235 g/mol. The average Bonchev–Trinajstić information content (AvgIpc) is 2.74. The average molecular weight is 235 g/mol. The summed E-state index contributed by atoms with van der Waals surface area (Å²) in [5, 5.41) is 8.92. The van der Waals surface area contributed by atoms with Crippen LogP contribution in [0.15, 0.2) is 18.2 Å². The molecule has 0 aliphatic carbocycles. The van der Waals surface area contributed by atoms with Gasteiger partial charge < -0.3 is 9.84 Å². The Hall–Kier alpha value is -1.55. The number of fused-ring (bicyclic) bond motifs is 1. The number of aliphatic carboxylic acids is 1. The summed E-state index contributed by atoms with van der Waals surface area (Å²) in [5.74, 6) is 0.166. The highest BCUT2D eigenvalue weighted by molar-refractivity contribution is 5.72. The lowest BCUT2D eigenvalue weighted by Gasteiger charge is -2.21. The number of hydrogen-bond donors (Lipinski definition) is 1. The van der Waals surface area contributed by atoms with Crippen LogP contribution in [0.25, 0.3) is 0 Å². The second-order valence-corrected chi connectivity index (χ2v) is 4.47. The molecule has 1 atom stereocenters. The second-order valence-electron chi connectivity index (χ2n) is 4.47.